The molecule has 1 heterocycles. The van der Waals surface area contributed by atoms with Crippen molar-refractivity contribution in [2.24, 2.45) is 5.92 Å². The molecule has 0 unspecified atom stereocenters. The summed E-state index contributed by atoms with van der Waals surface area (Å²) in [6.45, 7) is 2.29. The van der Waals surface area contributed by atoms with Gasteiger partial charge < -0.3 is 10.1 Å². The van der Waals surface area contributed by atoms with Crippen LogP contribution in [0.25, 0.3) is 0 Å². The Morgan fingerprint density at radius 2 is 1.81 bits per heavy atom. The molecule has 2 nitrogen and oxygen atoms in total. The molecule has 0 aliphatic carbocycles. The van der Waals surface area contributed by atoms with E-state index in [0.29, 0.717) is 12.5 Å². The van der Waals surface area contributed by atoms with E-state index in [2.05, 4.69) is 5.32 Å². The maximum Gasteiger partial charge on any atom is 0.190 e. The predicted molar refractivity (Wildman–Crippen MR) is 57.4 cm³/mol. The first-order chi connectivity index (χ1) is 7.77. The highest BCUT2D eigenvalue weighted by Crippen LogP contribution is 2.22. The van der Waals surface area contributed by atoms with E-state index in [-0.39, 0.29) is 5.75 Å². The highest BCUT2D eigenvalue weighted by Gasteiger charge is 2.16. The Bertz CT molecular complexity index is 331. The molecule has 0 bridgehead atoms. The van der Waals surface area contributed by atoms with E-state index in [4.69, 9.17) is 4.74 Å². The first kappa shape index (κ1) is 11.3. The molecular weight excluding hydrogens is 212 g/mol. The van der Waals surface area contributed by atoms with Crippen molar-refractivity contribution in [3.63, 3.8) is 0 Å². The van der Waals surface area contributed by atoms with E-state index < -0.39 is 11.6 Å². The molecule has 1 aromatic carbocycles. The lowest BCUT2D eigenvalue weighted by atomic mass is 9.99. The van der Waals surface area contributed by atoms with E-state index in [9.17, 15) is 8.78 Å². The molecule has 4 heteroatoms. The molecule has 88 valence electrons. The molecule has 0 atom stereocenters. The fraction of sp³-hybridized carbons (Fsp3) is 0.500. The number of benzene rings is 1. The number of rotatable bonds is 3. The van der Waals surface area contributed by atoms with Crippen LogP contribution in [0.1, 0.15) is 12.8 Å². The minimum atomic E-state index is -0.631. The molecule has 1 fully saturated rings. The fourth-order valence-electron chi connectivity index (χ4n) is 1.87. The van der Waals surface area contributed by atoms with Crippen LogP contribution in [0.5, 0.6) is 5.75 Å². The number of halogens is 2. The molecule has 0 aromatic heterocycles. The molecule has 0 radical (unpaired) electrons. The fourth-order valence-corrected chi connectivity index (χ4v) is 1.87. The van der Waals surface area contributed by atoms with Crippen molar-refractivity contribution in [3.05, 3.63) is 29.8 Å². The highest BCUT2D eigenvalue weighted by atomic mass is 19.1. The first-order valence-electron chi connectivity index (χ1n) is 5.55. The molecule has 1 N–H and O–H groups in total. The van der Waals surface area contributed by atoms with Crippen molar-refractivity contribution in [3.8, 4) is 5.75 Å². The number of ether oxygens (including phenoxy) is 1. The lowest BCUT2D eigenvalue weighted by Gasteiger charge is -2.22. The minimum absolute atomic E-state index is 0.249. The summed E-state index contributed by atoms with van der Waals surface area (Å²) in [7, 11) is 0. The average Bonchev–Trinajstić information content (AvgIpc) is 2.30. The van der Waals surface area contributed by atoms with Crippen molar-refractivity contribution in [1.29, 1.82) is 0 Å². The number of hydrogen-bond donors (Lipinski definition) is 1. The van der Waals surface area contributed by atoms with E-state index in [1.165, 1.54) is 18.2 Å². The van der Waals surface area contributed by atoms with Gasteiger partial charge in [0.25, 0.3) is 0 Å². The van der Waals surface area contributed by atoms with Gasteiger partial charge in [0.2, 0.25) is 0 Å². The lowest BCUT2D eigenvalue weighted by Crippen LogP contribution is -2.30. The van der Waals surface area contributed by atoms with Gasteiger partial charge in [0.1, 0.15) is 0 Å². The summed E-state index contributed by atoms with van der Waals surface area (Å²) in [5.74, 6) is -1.12. The largest absolute Gasteiger partial charge is 0.487 e. The topological polar surface area (TPSA) is 21.3 Å². The zero-order valence-electron chi connectivity index (χ0n) is 9.01. The van der Waals surface area contributed by atoms with Crippen LogP contribution < -0.4 is 10.1 Å². The summed E-state index contributed by atoms with van der Waals surface area (Å²) >= 11 is 0. The summed E-state index contributed by atoms with van der Waals surface area (Å²) < 4.78 is 31.7. The second-order valence-corrected chi connectivity index (χ2v) is 4.06. The number of nitrogens with one attached hydrogen (secondary N) is 1. The van der Waals surface area contributed by atoms with Crippen LogP contribution in [-0.2, 0) is 0 Å². The molecule has 0 spiro atoms. The molecule has 16 heavy (non-hydrogen) atoms. The average molecular weight is 227 g/mol. The van der Waals surface area contributed by atoms with Crippen LogP contribution in [0, 0.1) is 17.6 Å². The van der Waals surface area contributed by atoms with Gasteiger partial charge in [-0.05, 0) is 44.0 Å². The van der Waals surface area contributed by atoms with E-state index >= 15 is 0 Å². The van der Waals surface area contributed by atoms with Gasteiger partial charge in [0, 0.05) is 0 Å². The van der Waals surface area contributed by atoms with E-state index in [1.807, 2.05) is 0 Å². The SMILES string of the molecule is Fc1cccc(F)c1OCC1CCNCC1. The van der Waals surface area contributed by atoms with Crippen LogP contribution in [0.4, 0.5) is 8.78 Å². The maximum atomic E-state index is 13.2. The van der Waals surface area contributed by atoms with Gasteiger partial charge in [-0.1, -0.05) is 6.07 Å². The van der Waals surface area contributed by atoms with Crippen LogP contribution in [0.3, 0.4) is 0 Å². The molecular formula is C12H15F2NO. The van der Waals surface area contributed by atoms with Crippen LogP contribution >= 0.6 is 0 Å². The maximum absolute atomic E-state index is 13.2. The van der Waals surface area contributed by atoms with Gasteiger partial charge in [-0.15, -0.1) is 0 Å². The second kappa shape index (κ2) is 5.25. The van der Waals surface area contributed by atoms with Crippen LogP contribution in [0.2, 0.25) is 0 Å². The summed E-state index contributed by atoms with van der Waals surface area (Å²) in [5.41, 5.74) is 0. The van der Waals surface area contributed by atoms with Gasteiger partial charge in [0.05, 0.1) is 6.61 Å². The van der Waals surface area contributed by atoms with Crippen molar-refractivity contribution in [1.82, 2.24) is 5.32 Å². The Morgan fingerprint density at radius 1 is 1.19 bits per heavy atom. The van der Waals surface area contributed by atoms with Crippen molar-refractivity contribution < 1.29 is 13.5 Å². The Balaban J connectivity index is 1.93. The smallest absolute Gasteiger partial charge is 0.190 e. The molecule has 1 aliphatic heterocycles. The van der Waals surface area contributed by atoms with Gasteiger partial charge in [-0.25, -0.2) is 8.78 Å². The minimum Gasteiger partial charge on any atom is -0.487 e. The van der Waals surface area contributed by atoms with Gasteiger partial charge in [-0.2, -0.15) is 0 Å². The Hall–Kier alpha value is -1.16. The zero-order valence-corrected chi connectivity index (χ0v) is 9.01. The Morgan fingerprint density at radius 3 is 2.44 bits per heavy atom. The quantitative estimate of drug-likeness (QED) is 0.855. The summed E-state index contributed by atoms with van der Waals surface area (Å²) in [5, 5.41) is 3.23. The molecule has 0 saturated carbocycles. The van der Waals surface area contributed by atoms with Gasteiger partial charge in [-0.3, -0.25) is 0 Å². The Labute approximate surface area is 93.6 Å². The number of para-hydroxylation sites is 1. The van der Waals surface area contributed by atoms with Gasteiger partial charge in [0.15, 0.2) is 17.4 Å². The normalized spacial score (nSPS) is 17.4. The predicted octanol–water partition coefficient (Wildman–Crippen LogP) is 2.34. The van der Waals surface area contributed by atoms with Crippen LogP contribution in [0.15, 0.2) is 18.2 Å². The third kappa shape index (κ3) is 2.70. The van der Waals surface area contributed by atoms with E-state index in [1.54, 1.807) is 0 Å². The lowest BCUT2D eigenvalue weighted by molar-refractivity contribution is 0.201. The molecule has 1 aromatic rings. The second-order valence-electron chi connectivity index (χ2n) is 4.06. The van der Waals surface area contributed by atoms with Crippen molar-refractivity contribution >= 4 is 0 Å². The summed E-state index contributed by atoms with van der Waals surface area (Å²) in [6.07, 6.45) is 1.99. The summed E-state index contributed by atoms with van der Waals surface area (Å²) in [6, 6.07) is 3.75. The van der Waals surface area contributed by atoms with Crippen molar-refractivity contribution in [2.45, 2.75) is 12.8 Å². The Kier molecular flexibility index (Phi) is 3.72. The molecule has 0 amide bonds. The third-order valence-corrected chi connectivity index (χ3v) is 2.84. The van der Waals surface area contributed by atoms with Gasteiger partial charge >= 0.3 is 0 Å². The highest BCUT2D eigenvalue weighted by molar-refractivity contribution is 5.25. The number of hydrogen-bond acceptors (Lipinski definition) is 2. The zero-order chi connectivity index (χ0) is 11.4. The monoisotopic (exact) mass is 227 g/mol. The molecule has 2 rings (SSSR count). The third-order valence-electron chi connectivity index (χ3n) is 2.84. The van der Waals surface area contributed by atoms with Crippen molar-refractivity contribution in [2.75, 3.05) is 19.7 Å². The molecule has 1 aliphatic rings. The van der Waals surface area contributed by atoms with E-state index in [0.717, 1.165) is 25.9 Å². The summed E-state index contributed by atoms with van der Waals surface area (Å²) in [4.78, 5) is 0. The molecule has 1 saturated heterocycles. The standard InChI is InChI=1S/C12H15F2NO/c13-10-2-1-3-11(14)12(10)16-8-9-4-6-15-7-5-9/h1-3,9,15H,4-8H2. The first-order valence-corrected chi connectivity index (χ1v) is 5.55. The van der Waals surface area contributed by atoms with Crippen LogP contribution in [-0.4, -0.2) is 19.7 Å². The number of piperidine rings is 1.